The lowest BCUT2D eigenvalue weighted by molar-refractivity contribution is -0.137. The molecule has 1 aliphatic heterocycles. The number of allylic oxidation sites excluding steroid dienone is 1. The van der Waals surface area contributed by atoms with E-state index >= 15 is 0 Å². The van der Waals surface area contributed by atoms with Gasteiger partial charge in [0.25, 0.3) is 0 Å². The van der Waals surface area contributed by atoms with Gasteiger partial charge in [0.2, 0.25) is 0 Å². The maximum Gasteiger partial charge on any atom is 0.428 e. The van der Waals surface area contributed by atoms with Gasteiger partial charge in [0, 0.05) is 5.56 Å². The predicted octanol–water partition coefficient (Wildman–Crippen LogP) is 4.77. The molecular formula is C20H15F3N2O2. The minimum Gasteiger partial charge on any atom is -0.439 e. The van der Waals surface area contributed by atoms with E-state index in [0.29, 0.717) is 5.56 Å². The van der Waals surface area contributed by atoms with Crippen molar-refractivity contribution in [2.45, 2.75) is 25.6 Å². The summed E-state index contributed by atoms with van der Waals surface area (Å²) in [5.41, 5.74) is 4.50. The molecule has 27 heavy (non-hydrogen) atoms. The van der Waals surface area contributed by atoms with E-state index in [9.17, 15) is 18.0 Å². The van der Waals surface area contributed by atoms with E-state index in [1.54, 1.807) is 25.1 Å². The Balaban J connectivity index is 1.82. The van der Waals surface area contributed by atoms with Crippen molar-refractivity contribution in [3.63, 3.8) is 0 Å². The summed E-state index contributed by atoms with van der Waals surface area (Å²) in [6.07, 6.45) is -1.31. The zero-order valence-corrected chi connectivity index (χ0v) is 14.3. The summed E-state index contributed by atoms with van der Waals surface area (Å²) in [4.78, 5) is 11.2. The van der Waals surface area contributed by atoms with Crippen molar-refractivity contribution in [2.75, 3.05) is 0 Å². The van der Waals surface area contributed by atoms with Crippen LogP contribution in [0.15, 0.2) is 47.6 Å². The Hall–Kier alpha value is -3.09. The first-order valence-electron chi connectivity index (χ1n) is 8.38. The highest BCUT2D eigenvalue weighted by Crippen LogP contribution is 2.39. The molecule has 0 aromatic heterocycles. The van der Waals surface area contributed by atoms with E-state index in [1.807, 2.05) is 18.2 Å². The number of ether oxygens (including phenoxy) is 1. The molecule has 0 saturated carbocycles. The molecule has 4 nitrogen and oxygen atoms in total. The fourth-order valence-corrected chi connectivity index (χ4v) is 3.34. The fraction of sp³-hybridized carbons (Fsp3) is 0.200. The number of nitrogens with zero attached hydrogens (tertiary/aromatic N) is 1. The average molecular weight is 372 g/mol. The van der Waals surface area contributed by atoms with Gasteiger partial charge in [0.1, 0.15) is 11.8 Å². The third-order valence-corrected chi connectivity index (χ3v) is 4.65. The van der Waals surface area contributed by atoms with E-state index in [1.165, 1.54) is 6.07 Å². The molecule has 0 fully saturated rings. The van der Waals surface area contributed by atoms with Gasteiger partial charge in [-0.3, -0.25) is 0 Å². The molecule has 138 valence electrons. The van der Waals surface area contributed by atoms with Crippen LogP contribution in [0, 0.1) is 0 Å². The molecular weight excluding hydrogens is 357 g/mol. The van der Waals surface area contributed by atoms with Gasteiger partial charge in [-0.2, -0.15) is 18.3 Å². The molecule has 4 rings (SSSR count). The number of carbonyl (C=O) groups is 1. The molecule has 0 saturated heterocycles. The van der Waals surface area contributed by atoms with E-state index in [2.05, 4.69) is 10.5 Å². The monoisotopic (exact) mass is 372 g/mol. The van der Waals surface area contributed by atoms with Gasteiger partial charge in [-0.15, -0.1) is 0 Å². The van der Waals surface area contributed by atoms with Gasteiger partial charge in [-0.25, -0.2) is 10.2 Å². The number of rotatable bonds is 2. The first-order chi connectivity index (χ1) is 12.8. The van der Waals surface area contributed by atoms with Gasteiger partial charge in [-0.05, 0) is 47.7 Å². The van der Waals surface area contributed by atoms with Gasteiger partial charge < -0.3 is 4.74 Å². The van der Waals surface area contributed by atoms with Crippen LogP contribution in [-0.4, -0.2) is 17.9 Å². The highest BCUT2D eigenvalue weighted by Gasteiger charge is 2.35. The molecule has 2 aliphatic rings. The first-order valence-corrected chi connectivity index (χ1v) is 8.38. The lowest BCUT2D eigenvalue weighted by Gasteiger charge is -2.22. The quantitative estimate of drug-likeness (QED) is 0.825. The Morgan fingerprint density at radius 1 is 1.15 bits per heavy atom. The molecule has 1 aliphatic carbocycles. The standard InChI is InChI=1S/C20H15F3N2O2/c1-11-18(24-25-19(26)27-11)15-7-8-16(17(10-15)20(21,22)23)14-6-5-12-3-2-4-13(12)9-14/h2,4-11H,3H2,1H3,(H,25,26)/t11-/m0/s1. The van der Waals surface area contributed by atoms with E-state index in [0.717, 1.165) is 23.6 Å². The first kappa shape index (κ1) is 17.3. The number of hydrazone groups is 1. The van der Waals surface area contributed by atoms with Crippen LogP contribution in [0.4, 0.5) is 18.0 Å². The summed E-state index contributed by atoms with van der Waals surface area (Å²) < 4.78 is 46.3. The van der Waals surface area contributed by atoms with Crippen LogP contribution in [0.3, 0.4) is 0 Å². The lowest BCUT2D eigenvalue weighted by atomic mass is 9.93. The normalized spacial score (nSPS) is 18.6. The van der Waals surface area contributed by atoms with E-state index in [-0.39, 0.29) is 16.8 Å². The number of amides is 1. The van der Waals surface area contributed by atoms with Crippen molar-refractivity contribution in [1.29, 1.82) is 0 Å². The molecule has 1 N–H and O–H groups in total. The summed E-state index contributed by atoms with van der Waals surface area (Å²) in [7, 11) is 0. The zero-order valence-electron chi connectivity index (χ0n) is 14.3. The summed E-state index contributed by atoms with van der Waals surface area (Å²) in [5.74, 6) is 0. The number of hydrogen-bond donors (Lipinski definition) is 1. The number of nitrogens with one attached hydrogen (secondary N) is 1. The second kappa shape index (κ2) is 6.26. The predicted molar refractivity (Wildman–Crippen MR) is 95.2 cm³/mol. The average Bonchev–Trinajstić information content (AvgIpc) is 3.08. The number of fused-ring (bicyclic) bond motifs is 1. The summed E-state index contributed by atoms with van der Waals surface area (Å²) >= 11 is 0. The fourth-order valence-electron chi connectivity index (χ4n) is 3.34. The lowest BCUT2D eigenvalue weighted by Crippen LogP contribution is -2.37. The second-order valence-electron chi connectivity index (χ2n) is 6.43. The summed E-state index contributed by atoms with van der Waals surface area (Å²) in [6, 6.07) is 9.38. The number of hydrogen-bond acceptors (Lipinski definition) is 3. The molecule has 0 bridgehead atoms. The molecule has 2 aromatic rings. The Labute approximate surface area is 153 Å². The molecule has 7 heteroatoms. The third kappa shape index (κ3) is 3.20. The highest BCUT2D eigenvalue weighted by molar-refractivity contribution is 6.06. The minimum absolute atomic E-state index is 0.100. The third-order valence-electron chi connectivity index (χ3n) is 4.65. The Morgan fingerprint density at radius 3 is 2.67 bits per heavy atom. The van der Waals surface area contributed by atoms with E-state index < -0.39 is 23.9 Å². The van der Waals surface area contributed by atoms with Gasteiger partial charge in [0.05, 0.1) is 5.56 Å². The van der Waals surface area contributed by atoms with Crippen molar-refractivity contribution in [2.24, 2.45) is 5.10 Å². The summed E-state index contributed by atoms with van der Waals surface area (Å²) in [5, 5.41) is 3.85. The van der Waals surface area contributed by atoms with Crippen LogP contribution >= 0.6 is 0 Å². The van der Waals surface area contributed by atoms with Crippen LogP contribution in [0.25, 0.3) is 17.2 Å². The Kier molecular flexibility index (Phi) is 4.02. The van der Waals surface area contributed by atoms with Crippen LogP contribution in [0.2, 0.25) is 0 Å². The molecule has 1 heterocycles. The molecule has 0 radical (unpaired) electrons. The topological polar surface area (TPSA) is 50.7 Å². The van der Waals surface area contributed by atoms with Gasteiger partial charge in [0.15, 0.2) is 0 Å². The van der Waals surface area contributed by atoms with Crippen molar-refractivity contribution in [3.8, 4) is 11.1 Å². The van der Waals surface area contributed by atoms with Crippen LogP contribution in [0.5, 0.6) is 0 Å². The number of benzene rings is 2. The smallest absolute Gasteiger partial charge is 0.428 e. The maximum absolute atomic E-state index is 13.8. The molecule has 0 unspecified atom stereocenters. The minimum atomic E-state index is -4.54. The second-order valence-corrected chi connectivity index (χ2v) is 6.43. The number of carbonyl (C=O) groups excluding carboxylic acids is 1. The van der Waals surface area contributed by atoms with Crippen LogP contribution in [-0.2, 0) is 17.3 Å². The number of cyclic esters (lactones) is 1. The molecule has 0 spiro atoms. The van der Waals surface area contributed by atoms with Gasteiger partial charge in [-0.1, -0.05) is 36.4 Å². The summed E-state index contributed by atoms with van der Waals surface area (Å²) in [6.45, 7) is 1.56. The van der Waals surface area contributed by atoms with Crippen LogP contribution < -0.4 is 5.43 Å². The highest BCUT2D eigenvalue weighted by atomic mass is 19.4. The van der Waals surface area contributed by atoms with Crippen molar-refractivity contribution in [3.05, 3.63) is 64.7 Å². The van der Waals surface area contributed by atoms with Crippen LogP contribution in [0.1, 0.15) is 29.2 Å². The van der Waals surface area contributed by atoms with E-state index in [4.69, 9.17) is 4.74 Å². The zero-order chi connectivity index (χ0) is 19.2. The largest absolute Gasteiger partial charge is 0.439 e. The molecule has 1 atom stereocenters. The molecule has 2 aromatic carbocycles. The van der Waals surface area contributed by atoms with Crippen molar-refractivity contribution >= 4 is 17.9 Å². The Morgan fingerprint density at radius 2 is 1.93 bits per heavy atom. The maximum atomic E-state index is 13.8. The Bertz CT molecular complexity index is 993. The van der Waals surface area contributed by atoms with Gasteiger partial charge >= 0.3 is 12.3 Å². The number of alkyl halides is 3. The SMILES string of the molecule is C[C@@H]1OC(=O)NN=C1c1ccc(-c2ccc3c(c2)C=CC3)c(C(F)(F)F)c1. The number of halogens is 3. The van der Waals surface area contributed by atoms with Crippen molar-refractivity contribution < 1.29 is 22.7 Å². The molecule has 1 amide bonds. The van der Waals surface area contributed by atoms with Crippen molar-refractivity contribution in [1.82, 2.24) is 5.43 Å².